The van der Waals surface area contributed by atoms with Gasteiger partial charge in [-0.1, -0.05) is 19.9 Å². The number of aliphatic hydroxyl groups is 1. The molecule has 0 saturated heterocycles. The summed E-state index contributed by atoms with van der Waals surface area (Å²) in [7, 11) is 0. The van der Waals surface area contributed by atoms with E-state index in [0.29, 0.717) is 18.1 Å². The fraction of sp³-hybridized carbons (Fsp3) is 0.348. The number of aliphatic carboxylic acids is 1. The number of carboxylic acid groups (broad SMARTS) is 1. The van der Waals surface area contributed by atoms with E-state index < -0.39 is 30.1 Å². The molecule has 8 nitrogen and oxygen atoms in total. The van der Waals surface area contributed by atoms with Crippen molar-refractivity contribution in [2.24, 2.45) is 11.7 Å². The Hall–Kier alpha value is -3.53. The molecule has 0 aliphatic heterocycles. The van der Waals surface area contributed by atoms with Crippen LogP contribution in [-0.2, 0) is 11.3 Å². The van der Waals surface area contributed by atoms with E-state index in [1.54, 1.807) is 13.0 Å². The molecule has 1 aliphatic carbocycles. The van der Waals surface area contributed by atoms with E-state index in [-0.39, 0.29) is 28.0 Å². The number of aryl methyl sites for hydroxylation is 1. The highest BCUT2D eigenvalue weighted by molar-refractivity contribution is 6.03. The van der Waals surface area contributed by atoms with Crippen LogP contribution in [0.1, 0.15) is 42.6 Å². The number of nitrogens with zero attached hydrogens (tertiary/aromatic N) is 2. The predicted octanol–water partition coefficient (Wildman–Crippen LogP) is 3.96. The Kier molecular flexibility index (Phi) is 8.86. The van der Waals surface area contributed by atoms with Crippen LogP contribution in [0.2, 0.25) is 0 Å². The molecule has 33 heavy (non-hydrogen) atoms. The SMILES string of the molecule is CC.Cc1ccc(Nc2c(C(N)=O)cc3c(ncn3CC(=O)O)c2F)c(F)c1.OCC1CC1. The Bertz CT molecular complexity index is 1140. The fourth-order valence-electron chi connectivity index (χ4n) is 2.90. The van der Waals surface area contributed by atoms with Gasteiger partial charge in [0, 0.05) is 6.61 Å². The zero-order valence-corrected chi connectivity index (χ0v) is 18.7. The first-order valence-corrected chi connectivity index (χ1v) is 10.5. The predicted molar refractivity (Wildman–Crippen MR) is 121 cm³/mol. The molecule has 0 bridgehead atoms. The molecule has 10 heteroatoms. The number of rotatable bonds is 6. The van der Waals surface area contributed by atoms with Crippen molar-refractivity contribution >= 4 is 34.3 Å². The number of aromatic nitrogens is 2. The first-order valence-electron chi connectivity index (χ1n) is 10.5. The number of hydrogen-bond donors (Lipinski definition) is 4. The number of carbonyl (C=O) groups is 2. The summed E-state index contributed by atoms with van der Waals surface area (Å²) in [4.78, 5) is 26.5. The molecule has 4 rings (SSSR count). The van der Waals surface area contributed by atoms with Crippen molar-refractivity contribution in [3.05, 3.63) is 53.4 Å². The Labute approximate surface area is 190 Å². The minimum atomic E-state index is -1.16. The number of fused-ring (bicyclic) bond motifs is 1. The van der Waals surface area contributed by atoms with Crippen molar-refractivity contribution in [1.82, 2.24) is 9.55 Å². The van der Waals surface area contributed by atoms with Crippen LogP contribution in [0.15, 0.2) is 30.6 Å². The number of anilines is 2. The number of primary amides is 1. The number of nitrogens with one attached hydrogen (secondary N) is 1. The number of imidazole rings is 1. The van der Waals surface area contributed by atoms with E-state index in [4.69, 9.17) is 15.9 Å². The first-order chi connectivity index (χ1) is 15.7. The minimum Gasteiger partial charge on any atom is -0.480 e. The highest BCUT2D eigenvalue weighted by Crippen LogP contribution is 2.31. The van der Waals surface area contributed by atoms with Crippen molar-refractivity contribution in [2.75, 3.05) is 11.9 Å². The number of carboxylic acids is 1. The van der Waals surface area contributed by atoms with Gasteiger partial charge in [-0.25, -0.2) is 13.8 Å². The maximum atomic E-state index is 14.9. The third-order valence-corrected chi connectivity index (χ3v) is 4.77. The van der Waals surface area contributed by atoms with E-state index in [1.165, 1.54) is 35.6 Å². The Morgan fingerprint density at radius 1 is 1.24 bits per heavy atom. The van der Waals surface area contributed by atoms with Gasteiger partial charge in [0.2, 0.25) is 0 Å². The normalized spacial score (nSPS) is 12.3. The molecule has 0 spiro atoms. The van der Waals surface area contributed by atoms with Gasteiger partial charge >= 0.3 is 5.97 Å². The summed E-state index contributed by atoms with van der Waals surface area (Å²) in [6.07, 6.45) is 3.66. The summed E-state index contributed by atoms with van der Waals surface area (Å²) in [6.45, 7) is 5.65. The van der Waals surface area contributed by atoms with Gasteiger partial charge < -0.3 is 25.8 Å². The maximum Gasteiger partial charge on any atom is 0.323 e. The van der Waals surface area contributed by atoms with Crippen LogP contribution in [0.3, 0.4) is 0 Å². The average Bonchev–Trinajstić information content (AvgIpc) is 3.54. The lowest BCUT2D eigenvalue weighted by atomic mass is 10.1. The lowest BCUT2D eigenvalue weighted by molar-refractivity contribution is -0.137. The molecule has 1 saturated carbocycles. The van der Waals surface area contributed by atoms with Crippen molar-refractivity contribution in [3.63, 3.8) is 0 Å². The highest BCUT2D eigenvalue weighted by Gasteiger charge is 2.22. The number of hydrogen-bond acceptors (Lipinski definition) is 5. The molecule has 5 N–H and O–H groups in total. The quantitative estimate of drug-likeness (QED) is 0.439. The van der Waals surface area contributed by atoms with Gasteiger partial charge in [0.15, 0.2) is 5.82 Å². The fourth-order valence-corrected chi connectivity index (χ4v) is 2.90. The van der Waals surface area contributed by atoms with Crippen LogP contribution < -0.4 is 11.1 Å². The van der Waals surface area contributed by atoms with Crippen LogP contribution in [0.5, 0.6) is 0 Å². The monoisotopic (exact) mass is 462 g/mol. The maximum absolute atomic E-state index is 14.9. The molecule has 178 valence electrons. The molecule has 1 fully saturated rings. The summed E-state index contributed by atoms with van der Waals surface area (Å²) in [6, 6.07) is 5.50. The van der Waals surface area contributed by atoms with Crippen molar-refractivity contribution in [3.8, 4) is 0 Å². The van der Waals surface area contributed by atoms with Gasteiger partial charge in [-0.3, -0.25) is 9.59 Å². The molecule has 1 aromatic heterocycles. The molecule has 1 heterocycles. The zero-order chi connectivity index (χ0) is 24.7. The van der Waals surface area contributed by atoms with Gasteiger partial charge in [-0.05, 0) is 49.4 Å². The van der Waals surface area contributed by atoms with E-state index in [2.05, 4.69) is 10.3 Å². The van der Waals surface area contributed by atoms with E-state index in [9.17, 15) is 18.4 Å². The van der Waals surface area contributed by atoms with Crippen molar-refractivity contribution in [2.45, 2.75) is 40.2 Å². The van der Waals surface area contributed by atoms with Crippen LogP contribution in [0.4, 0.5) is 20.2 Å². The summed E-state index contributed by atoms with van der Waals surface area (Å²) in [5.41, 5.74) is 5.31. The molecular weight excluding hydrogens is 434 g/mol. The number of carbonyl (C=O) groups excluding carboxylic acids is 1. The van der Waals surface area contributed by atoms with E-state index >= 15 is 0 Å². The largest absolute Gasteiger partial charge is 0.480 e. The van der Waals surface area contributed by atoms with Crippen molar-refractivity contribution < 1.29 is 28.6 Å². The minimum absolute atomic E-state index is 0.0404. The number of benzene rings is 2. The summed E-state index contributed by atoms with van der Waals surface area (Å²) >= 11 is 0. The second-order valence-corrected chi connectivity index (χ2v) is 7.35. The molecule has 2 aromatic carbocycles. The van der Waals surface area contributed by atoms with Gasteiger partial charge in [0.1, 0.15) is 17.9 Å². The molecule has 1 amide bonds. The van der Waals surface area contributed by atoms with E-state index in [0.717, 1.165) is 6.33 Å². The Balaban J connectivity index is 0.000000477. The topological polar surface area (TPSA) is 130 Å². The number of nitrogens with two attached hydrogens (primary N) is 1. The van der Waals surface area contributed by atoms with Gasteiger partial charge in [0.05, 0.1) is 28.8 Å². The van der Waals surface area contributed by atoms with Crippen LogP contribution in [-0.4, -0.2) is 38.2 Å². The van der Waals surface area contributed by atoms with E-state index in [1.807, 2.05) is 13.8 Å². The lowest BCUT2D eigenvalue weighted by Gasteiger charge is -2.13. The second kappa shape index (κ2) is 11.4. The zero-order valence-electron chi connectivity index (χ0n) is 18.7. The standard InChI is InChI=1S/C17H14F2N4O3.C4H8O.C2H6/c1-8-2-3-11(10(18)4-8)22-15-9(17(20)26)5-12-16(14(15)19)21-7-23(12)6-13(24)25;5-3-4-1-2-4;1-2/h2-5,7,22H,6H2,1H3,(H2,20,26)(H,24,25);4-5H,1-3H2;1-2H3. The molecule has 3 aromatic rings. The van der Waals surface area contributed by atoms with Crippen LogP contribution in [0.25, 0.3) is 11.0 Å². The summed E-state index contributed by atoms with van der Waals surface area (Å²) in [5.74, 6) is -2.98. The first kappa shape index (κ1) is 25.7. The molecular formula is C23H28F2N4O4. The van der Waals surface area contributed by atoms with Crippen LogP contribution >= 0.6 is 0 Å². The average molecular weight is 462 g/mol. The van der Waals surface area contributed by atoms with Crippen molar-refractivity contribution in [1.29, 1.82) is 0 Å². The lowest BCUT2D eigenvalue weighted by Crippen LogP contribution is -2.15. The number of halogens is 2. The molecule has 0 radical (unpaired) electrons. The molecule has 1 aliphatic rings. The number of amides is 1. The van der Waals surface area contributed by atoms with Gasteiger partial charge in [-0.15, -0.1) is 0 Å². The smallest absolute Gasteiger partial charge is 0.323 e. The third kappa shape index (κ3) is 6.48. The third-order valence-electron chi connectivity index (χ3n) is 4.77. The highest BCUT2D eigenvalue weighted by atomic mass is 19.1. The molecule has 0 atom stereocenters. The summed E-state index contributed by atoms with van der Waals surface area (Å²) < 4.78 is 30.2. The Morgan fingerprint density at radius 3 is 2.39 bits per heavy atom. The van der Waals surface area contributed by atoms with Gasteiger partial charge in [-0.2, -0.15) is 0 Å². The van der Waals surface area contributed by atoms with Crippen LogP contribution in [0, 0.1) is 24.5 Å². The van der Waals surface area contributed by atoms with Gasteiger partial charge in [0.25, 0.3) is 5.91 Å². The molecule has 0 unspecified atom stereocenters. The summed E-state index contributed by atoms with van der Waals surface area (Å²) in [5, 5.41) is 19.7. The number of aliphatic hydroxyl groups excluding tert-OH is 1. The second-order valence-electron chi connectivity index (χ2n) is 7.35. The Morgan fingerprint density at radius 2 is 1.91 bits per heavy atom.